The lowest BCUT2D eigenvalue weighted by atomic mass is 9.79. The average molecular weight is 400 g/mol. The molecule has 29 heavy (non-hydrogen) atoms. The minimum atomic E-state index is -1.01. The normalized spacial score (nSPS) is 17.3. The van der Waals surface area contributed by atoms with Crippen molar-refractivity contribution < 1.29 is 24.0 Å². The molecule has 1 N–H and O–H groups in total. The van der Waals surface area contributed by atoms with Crippen molar-refractivity contribution in [1.29, 1.82) is 0 Å². The Labute approximate surface area is 169 Å². The lowest BCUT2D eigenvalue weighted by Crippen LogP contribution is -2.33. The van der Waals surface area contributed by atoms with Crippen molar-refractivity contribution in [2.45, 2.75) is 39.7 Å². The van der Waals surface area contributed by atoms with Gasteiger partial charge in [-0.15, -0.1) is 0 Å². The predicted molar refractivity (Wildman–Crippen MR) is 107 cm³/mol. The van der Waals surface area contributed by atoms with Crippen molar-refractivity contribution >= 4 is 17.6 Å². The first kappa shape index (κ1) is 21.9. The summed E-state index contributed by atoms with van der Waals surface area (Å²) in [7, 11) is 0. The van der Waals surface area contributed by atoms with Crippen molar-refractivity contribution in [3.63, 3.8) is 0 Å². The minimum absolute atomic E-state index is 0.113. The first-order valence-electron chi connectivity index (χ1n) is 9.15. The summed E-state index contributed by atoms with van der Waals surface area (Å²) < 4.78 is 10.6. The van der Waals surface area contributed by atoms with Gasteiger partial charge >= 0.3 is 11.9 Å². The van der Waals surface area contributed by atoms with E-state index < -0.39 is 28.9 Å². The molecule has 2 unspecified atom stereocenters. The molecule has 1 aliphatic heterocycles. The molecule has 0 radical (unpaired) electrons. The molecule has 8 heteroatoms. The number of carbonyl (C=O) groups is 2. The number of esters is 2. The number of para-hydroxylation sites is 1. The highest BCUT2D eigenvalue weighted by Crippen LogP contribution is 2.42. The quantitative estimate of drug-likeness (QED) is 0.323. The van der Waals surface area contributed by atoms with Gasteiger partial charge in [-0.2, -0.15) is 0 Å². The molecule has 8 nitrogen and oxygen atoms in total. The highest BCUT2D eigenvalue weighted by molar-refractivity contribution is 6.00. The van der Waals surface area contributed by atoms with Crippen molar-refractivity contribution in [2.75, 3.05) is 6.61 Å². The fraction of sp³-hybridized carbons (Fsp3) is 0.333. The number of carbonyl (C=O) groups excluding carboxylic acids is 2. The van der Waals surface area contributed by atoms with Crippen LogP contribution in [-0.2, 0) is 19.1 Å². The maximum atomic E-state index is 13.0. The Morgan fingerprint density at radius 2 is 1.83 bits per heavy atom. The number of hydrogen-bond donors (Lipinski definition) is 1. The van der Waals surface area contributed by atoms with Crippen molar-refractivity contribution in [3.8, 4) is 0 Å². The molecule has 1 aliphatic rings. The number of dihydropyridines is 1. The van der Waals surface area contributed by atoms with Crippen LogP contribution in [0.15, 0.2) is 59.5 Å². The average Bonchev–Trinajstić information content (AvgIpc) is 2.67. The van der Waals surface area contributed by atoms with E-state index in [9.17, 15) is 19.7 Å². The molecule has 2 atom stereocenters. The largest absolute Gasteiger partial charge is 0.463 e. The molecule has 0 aromatic heterocycles. The van der Waals surface area contributed by atoms with Gasteiger partial charge in [0.25, 0.3) is 5.69 Å². The molecular formula is C21H24N2O6. The van der Waals surface area contributed by atoms with E-state index >= 15 is 0 Å². The standard InChI is InChI=1S/C21H24N2O6/c1-6-12(3)29-21(25)18-14(5)22-13(4)17(20(24)28-7-2)19(18)15-10-8-9-11-16(15)23(26)27/h6,8-12,19,22H,1,7H2,2-5H3. The Hall–Kier alpha value is -3.42. The third kappa shape index (κ3) is 4.53. The second kappa shape index (κ2) is 9.18. The molecule has 0 saturated carbocycles. The van der Waals surface area contributed by atoms with Crippen LogP contribution < -0.4 is 5.32 Å². The molecule has 1 heterocycles. The van der Waals surface area contributed by atoms with E-state index in [2.05, 4.69) is 11.9 Å². The second-order valence-corrected chi connectivity index (χ2v) is 6.52. The SMILES string of the molecule is C=CC(C)OC(=O)C1=C(C)NC(C)=C(C(=O)OCC)C1c1ccccc1[N+](=O)[O-]. The van der Waals surface area contributed by atoms with Crippen LogP contribution >= 0.6 is 0 Å². The van der Waals surface area contributed by atoms with Crippen molar-refractivity contribution in [3.05, 3.63) is 75.1 Å². The Morgan fingerprint density at radius 1 is 1.24 bits per heavy atom. The molecule has 1 aromatic carbocycles. The van der Waals surface area contributed by atoms with Gasteiger partial charge in [-0.05, 0) is 27.7 Å². The monoisotopic (exact) mass is 400 g/mol. The second-order valence-electron chi connectivity index (χ2n) is 6.52. The van der Waals surface area contributed by atoms with Crippen LogP contribution in [-0.4, -0.2) is 29.6 Å². The maximum Gasteiger partial charge on any atom is 0.337 e. The molecular weight excluding hydrogens is 376 g/mol. The number of nitro groups is 1. The van der Waals surface area contributed by atoms with Crippen LogP contribution in [0.3, 0.4) is 0 Å². The highest BCUT2D eigenvalue weighted by Gasteiger charge is 2.41. The lowest BCUT2D eigenvalue weighted by molar-refractivity contribution is -0.385. The molecule has 0 fully saturated rings. The van der Waals surface area contributed by atoms with Gasteiger partial charge in [0.15, 0.2) is 0 Å². The van der Waals surface area contributed by atoms with E-state index in [1.54, 1.807) is 33.8 Å². The van der Waals surface area contributed by atoms with Gasteiger partial charge in [-0.1, -0.05) is 30.9 Å². The van der Waals surface area contributed by atoms with Crippen LogP contribution in [0.2, 0.25) is 0 Å². The smallest absolute Gasteiger partial charge is 0.337 e. The summed E-state index contributed by atoms with van der Waals surface area (Å²) in [6.45, 7) is 10.3. The number of hydrogen-bond acceptors (Lipinski definition) is 7. The van der Waals surface area contributed by atoms with E-state index in [0.29, 0.717) is 11.4 Å². The van der Waals surface area contributed by atoms with Crippen LogP contribution in [0, 0.1) is 10.1 Å². The molecule has 2 rings (SSSR count). The van der Waals surface area contributed by atoms with Crippen LogP contribution in [0.5, 0.6) is 0 Å². The highest BCUT2D eigenvalue weighted by atomic mass is 16.6. The summed E-state index contributed by atoms with van der Waals surface area (Å²) in [6.07, 6.45) is 0.879. The zero-order chi connectivity index (χ0) is 21.7. The van der Waals surface area contributed by atoms with Gasteiger partial charge in [0.2, 0.25) is 0 Å². The molecule has 0 saturated heterocycles. The van der Waals surface area contributed by atoms with Crippen LogP contribution in [0.1, 0.15) is 39.2 Å². The summed E-state index contributed by atoms with van der Waals surface area (Å²) in [4.78, 5) is 36.8. The molecule has 0 aliphatic carbocycles. The first-order valence-corrected chi connectivity index (χ1v) is 9.15. The van der Waals surface area contributed by atoms with E-state index in [0.717, 1.165) is 0 Å². The molecule has 0 spiro atoms. The number of nitrogens with zero attached hydrogens (tertiary/aromatic N) is 1. The van der Waals surface area contributed by atoms with Crippen LogP contribution in [0.25, 0.3) is 0 Å². The zero-order valence-corrected chi connectivity index (χ0v) is 16.9. The number of nitrogens with one attached hydrogen (secondary N) is 1. The third-order valence-electron chi connectivity index (χ3n) is 4.54. The van der Waals surface area contributed by atoms with E-state index in [1.165, 1.54) is 24.3 Å². The van der Waals surface area contributed by atoms with Gasteiger partial charge in [-0.3, -0.25) is 10.1 Å². The zero-order valence-electron chi connectivity index (χ0n) is 16.9. The van der Waals surface area contributed by atoms with Gasteiger partial charge in [0.1, 0.15) is 6.10 Å². The van der Waals surface area contributed by atoms with Crippen molar-refractivity contribution in [2.24, 2.45) is 0 Å². The fourth-order valence-electron chi connectivity index (χ4n) is 3.23. The third-order valence-corrected chi connectivity index (χ3v) is 4.54. The lowest BCUT2D eigenvalue weighted by Gasteiger charge is -2.30. The van der Waals surface area contributed by atoms with E-state index in [4.69, 9.17) is 9.47 Å². The fourth-order valence-corrected chi connectivity index (χ4v) is 3.23. The Balaban J connectivity index is 2.73. The summed E-state index contributed by atoms with van der Waals surface area (Å²) in [6, 6.07) is 6.00. The van der Waals surface area contributed by atoms with Gasteiger partial charge in [0, 0.05) is 23.0 Å². The van der Waals surface area contributed by atoms with E-state index in [1.807, 2.05) is 0 Å². The maximum absolute atomic E-state index is 13.0. The first-order chi connectivity index (χ1) is 13.7. The summed E-state index contributed by atoms with van der Waals surface area (Å²) in [5.41, 5.74) is 1.15. The Kier molecular flexibility index (Phi) is 6.93. The summed E-state index contributed by atoms with van der Waals surface area (Å²) >= 11 is 0. The van der Waals surface area contributed by atoms with Gasteiger partial charge in [-0.25, -0.2) is 9.59 Å². The van der Waals surface area contributed by atoms with E-state index in [-0.39, 0.29) is 29.0 Å². The number of rotatable bonds is 7. The van der Waals surface area contributed by atoms with Gasteiger partial charge < -0.3 is 14.8 Å². The topological polar surface area (TPSA) is 108 Å². The summed E-state index contributed by atoms with van der Waals surface area (Å²) in [5.74, 6) is -2.36. The van der Waals surface area contributed by atoms with Gasteiger partial charge in [0.05, 0.1) is 28.6 Å². The van der Waals surface area contributed by atoms with Crippen LogP contribution in [0.4, 0.5) is 5.69 Å². The Morgan fingerprint density at radius 3 is 2.38 bits per heavy atom. The molecule has 154 valence electrons. The summed E-state index contributed by atoms with van der Waals surface area (Å²) in [5, 5.41) is 14.6. The van der Waals surface area contributed by atoms with Crippen molar-refractivity contribution in [1.82, 2.24) is 5.32 Å². The molecule has 0 amide bonds. The number of nitro benzene ring substituents is 1. The predicted octanol–water partition coefficient (Wildman–Crippen LogP) is 3.51. The number of allylic oxidation sites excluding steroid dienone is 2. The number of benzene rings is 1. The molecule has 0 bridgehead atoms. The number of ether oxygens (including phenoxy) is 2. The molecule has 1 aromatic rings. The minimum Gasteiger partial charge on any atom is -0.463 e. The Bertz CT molecular complexity index is 916.